The second-order valence-corrected chi connectivity index (χ2v) is 7.58. The Kier molecular flexibility index (Phi) is 3.92. The average Bonchev–Trinajstić information content (AvgIpc) is 2.65. The first-order valence-electron chi connectivity index (χ1n) is 9.02. The molecule has 27 heavy (non-hydrogen) atoms. The number of nitriles is 1. The molecule has 2 aromatic heterocycles. The van der Waals surface area contributed by atoms with Crippen molar-refractivity contribution in [3.8, 4) is 17.5 Å². The Morgan fingerprint density at radius 2 is 2.15 bits per heavy atom. The molecule has 0 N–H and O–H groups in total. The first-order chi connectivity index (χ1) is 12.8. The monoisotopic (exact) mass is 362 g/mol. The first-order valence-corrected chi connectivity index (χ1v) is 9.02. The molecule has 0 aromatic carbocycles. The van der Waals surface area contributed by atoms with Gasteiger partial charge in [-0.3, -0.25) is 4.79 Å². The number of nitrogens with zero attached hydrogens (tertiary/aromatic N) is 4. The van der Waals surface area contributed by atoms with Gasteiger partial charge in [-0.2, -0.15) is 9.65 Å². The third-order valence-corrected chi connectivity index (χ3v) is 6.03. The van der Waals surface area contributed by atoms with Gasteiger partial charge in [-0.05, 0) is 37.3 Å². The Balaban J connectivity index is 1.95. The summed E-state index contributed by atoms with van der Waals surface area (Å²) in [6.07, 6.45) is 4.81. The third-order valence-electron chi connectivity index (χ3n) is 6.03. The summed E-state index contributed by atoms with van der Waals surface area (Å²) in [5, 5.41) is 9.43. The van der Waals surface area contributed by atoms with Crippen LogP contribution in [0.3, 0.4) is 0 Å². The molecule has 2 heterocycles. The number of allylic oxidation sites excluding steroid dienone is 2. The van der Waals surface area contributed by atoms with Gasteiger partial charge in [0.1, 0.15) is 6.07 Å². The van der Waals surface area contributed by atoms with Crippen molar-refractivity contribution in [1.82, 2.24) is 15.0 Å². The highest BCUT2D eigenvalue weighted by Gasteiger charge is 2.49. The number of fused-ring (bicyclic) bond motifs is 3. The van der Waals surface area contributed by atoms with Gasteiger partial charge in [-0.1, -0.05) is 19.9 Å². The van der Waals surface area contributed by atoms with E-state index in [-0.39, 0.29) is 23.2 Å². The number of pyridine rings is 1. The molecule has 0 fully saturated rings. The fourth-order valence-corrected chi connectivity index (χ4v) is 4.62. The van der Waals surface area contributed by atoms with Gasteiger partial charge in [0.15, 0.2) is 11.6 Å². The fraction of sp³-hybridized carbons (Fsp3) is 0.381. The van der Waals surface area contributed by atoms with Gasteiger partial charge in [0.2, 0.25) is 5.95 Å². The summed E-state index contributed by atoms with van der Waals surface area (Å²) in [7, 11) is 0. The Hall–Kier alpha value is -2.94. The molecule has 0 bridgehead atoms. The zero-order valence-corrected chi connectivity index (χ0v) is 15.5. The summed E-state index contributed by atoms with van der Waals surface area (Å²) >= 11 is 0. The standard InChI is InChI=1S/C21H19FN4O/c1-11-16-5-4-15-12(2)25-20(13-6-7-24-17(22)8-13)26-19(15)21(16,3)9-14(10-23)18(11)27/h6-9,11,16H,4-5H2,1-3H3/t11-,16-,21-/m1/s1. The quantitative estimate of drug-likeness (QED) is 0.726. The summed E-state index contributed by atoms with van der Waals surface area (Å²) in [5.41, 5.74) is 2.97. The second kappa shape index (κ2) is 6.05. The molecule has 0 unspecified atom stereocenters. The first kappa shape index (κ1) is 17.5. The van der Waals surface area contributed by atoms with Crippen molar-refractivity contribution in [2.24, 2.45) is 11.8 Å². The lowest BCUT2D eigenvalue weighted by atomic mass is 9.57. The maximum atomic E-state index is 13.6. The SMILES string of the molecule is Cc1nc(-c2ccnc(F)c2)nc2c1CC[C@@H]1[C@@H](C)C(=O)C(C#N)=C[C@@]21C. The molecule has 3 atom stereocenters. The lowest BCUT2D eigenvalue weighted by Gasteiger charge is -2.45. The summed E-state index contributed by atoms with van der Waals surface area (Å²) < 4.78 is 13.6. The molecule has 6 heteroatoms. The normalized spacial score (nSPS) is 26.6. The summed E-state index contributed by atoms with van der Waals surface area (Å²) in [6, 6.07) is 5.04. The summed E-state index contributed by atoms with van der Waals surface area (Å²) in [4.78, 5) is 25.5. The van der Waals surface area contributed by atoms with Crippen molar-refractivity contribution < 1.29 is 9.18 Å². The number of aromatic nitrogens is 3. The molecule has 0 spiro atoms. The molecule has 2 aromatic rings. The van der Waals surface area contributed by atoms with Gasteiger partial charge >= 0.3 is 0 Å². The van der Waals surface area contributed by atoms with Crippen LogP contribution in [0.1, 0.15) is 37.2 Å². The van der Waals surface area contributed by atoms with Gasteiger partial charge < -0.3 is 0 Å². The second-order valence-electron chi connectivity index (χ2n) is 7.58. The maximum absolute atomic E-state index is 13.6. The highest BCUT2D eigenvalue weighted by atomic mass is 19.1. The number of carbonyl (C=O) groups excluding carboxylic acids is 1. The highest BCUT2D eigenvalue weighted by molar-refractivity contribution is 6.02. The minimum Gasteiger partial charge on any atom is -0.293 e. The van der Waals surface area contributed by atoms with Crippen LogP contribution in [0.2, 0.25) is 0 Å². The van der Waals surface area contributed by atoms with Crippen LogP contribution >= 0.6 is 0 Å². The Morgan fingerprint density at radius 3 is 2.85 bits per heavy atom. The van der Waals surface area contributed by atoms with Crippen molar-refractivity contribution in [3.05, 3.63) is 52.9 Å². The molecule has 0 amide bonds. The van der Waals surface area contributed by atoms with E-state index in [2.05, 4.69) is 16.0 Å². The fourth-order valence-electron chi connectivity index (χ4n) is 4.62. The molecule has 2 aliphatic rings. The predicted octanol–water partition coefficient (Wildman–Crippen LogP) is 3.48. The lowest BCUT2D eigenvalue weighted by molar-refractivity contribution is -0.121. The van der Waals surface area contributed by atoms with Crippen LogP contribution in [0, 0.1) is 36.0 Å². The van der Waals surface area contributed by atoms with Crippen molar-refractivity contribution in [2.75, 3.05) is 0 Å². The largest absolute Gasteiger partial charge is 0.293 e. The van der Waals surface area contributed by atoms with Gasteiger partial charge in [0.25, 0.3) is 0 Å². The van der Waals surface area contributed by atoms with Crippen LogP contribution in [-0.4, -0.2) is 20.7 Å². The molecule has 136 valence electrons. The van der Waals surface area contributed by atoms with E-state index in [4.69, 9.17) is 4.98 Å². The van der Waals surface area contributed by atoms with Gasteiger partial charge in [-0.25, -0.2) is 15.0 Å². The number of hydrogen-bond acceptors (Lipinski definition) is 5. The third kappa shape index (κ3) is 2.57. The number of Topliss-reactive ketones (excluding diaryl/α,β-unsaturated/α-hetero) is 1. The van der Waals surface area contributed by atoms with Crippen LogP contribution in [0.15, 0.2) is 30.0 Å². The minimum absolute atomic E-state index is 0.0749. The van der Waals surface area contributed by atoms with Crippen LogP contribution < -0.4 is 0 Å². The Labute approximate surface area is 157 Å². The van der Waals surface area contributed by atoms with E-state index in [9.17, 15) is 14.4 Å². The van der Waals surface area contributed by atoms with Crippen molar-refractivity contribution in [3.63, 3.8) is 0 Å². The Morgan fingerprint density at radius 1 is 1.37 bits per heavy atom. The lowest BCUT2D eigenvalue weighted by Crippen LogP contribution is -2.46. The van der Waals surface area contributed by atoms with Crippen molar-refractivity contribution >= 4 is 5.78 Å². The van der Waals surface area contributed by atoms with Crippen LogP contribution in [0.25, 0.3) is 11.4 Å². The molecule has 4 rings (SSSR count). The van der Waals surface area contributed by atoms with Crippen molar-refractivity contribution in [1.29, 1.82) is 5.26 Å². The number of rotatable bonds is 1. The molecule has 5 nitrogen and oxygen atoms in total. The predicted molar refractivity (Wildman–Crippen MR) is 97.0 cm³/mol. The zero-order valence-electron chi connectivity index (χ0n) is 15.5. The number of halogens is 1. The van der Waals surface area contributed by atoms with Gasteiger partial charge in [0.05, 0.1) is 11.3 Å². The van der Waals surface area contributed by atoms with Crippen LogP contribution in [-0.2, 0) is 16.6 Å². The van der Waals surface area contributed by atoms with E-state index in [1.54, 1.807) is 12.1 Å². The maximum Gasteiger partial charge on any atom is 0.213 e. The van der Waals surface area contributed by atoms with Crippen LogP contribution in [0.4, 0.5) is 4.39 Å². The molecule has 0 aliphatic heterocycles. The number of ketones is 1. The summed E-state index contributed by atoms with van der Waals surface area (Å²) in [5.74, 6) is -0.401. The van der Waals surface area contributed by atoms with Gasteiger partial charge in [-0.15, -0.1) is 0 Å². The van der Waals surface area contributed by atoms with Crippen molar-refractivity contribution in [2.45, 2.75) is 39.0 Å². The van der Waals surface area contributed by atoms with E-state index < -0.39 is 11.4 Å². The van der Waals surface area contributed by atoms with E-state index in [1.165, 1.54) is 12.3 Å². The number of hydrogen-bond donors (Lipinski definition) is 0. The van der Waals surface area contributed by atoms with Crippen LogP contribution in [0.5, 0.6) is 0 Å². The molecule has 0 saturated heterocycles. The van der Waals surface area contributed by atoms with Gasteiger partial charge in [0, 0.05) is 34.9 Å². The molecular weight excluding hydrogens is 343 g/mol. The summed E-state index contributed by atoms with van der Waals surface area (Å²) in [6.45, 7) is 5.87. The minimum atomic E-state index is -0.584. The van der Waals surface area contributed by atoms with E-state index >= 15 is 0 Å². The van der Waals surface area contributed by atoms with E-state index in [0.29, 0.717) is 11.4 Å². The topological polar surface area (TPSA) is 79.5 Å². The molecule has 2 aliphatic carbocycles. The molecule has 0 radical (unpaired) electrons. The number of carbonyl (C=O) groups is 1. The molecule has 0 saturated carbocycles. The zero-order chi connectivity index (χ0) is 19.3. The number of aryl methyl sites for hydroxylation is 1. The molecular formula is C21H19FN4O. The average molecular weight is 362 g/mol. The Bertz CT molecular complexity index is 1040. The highest BCUT2D eigenvalue weighted by Crippen LogP contribution is 2.49. The van der Waals surface area contributed by atoms with E-state index in [0.717, 1.165) is 29.8 Å². The van der Waals surface area contributed by atoms with E-state index in [1.807, 2.05) is 20.8 Å². The smallest absolute Gasteiger partial charge is 0.213 e.